The Kier molecular flexibility index (Phi) is 5.35. The normalized spacial score (nSPS) is 11.4. The lowest BCUT2D eigenvalue weighted by atomic mass is 10.1. The van der Waals surface area contributed by atoms with Gasteiger partial charge in [0.25, 0.3) is 6.43 Å². The van der Waals surface area contributed by atoms with E-state index >= 15 is 0 Å². The zero-order chi connectivity index (χ0) is 12.0. The van der Waals surface area contributed by atoms with Crippen LogP contribution in [0.3, 0.4) is 0 Å². The average molecular weight is 228 g/mol. The van der Waals surface area contributed by atoms with Gasteiger partial charge in [-0.05, 0) is 25.7 Å². The second-order valence-corrected chi connectivity index (χ2v) is 4.03. The van der Waals surface area contributed by atoms with Gasteiger partial charge in [0, 0.05) is 25.2 Å². The molecule has 1 aromatic carbocycles. The molecule has 16 heavy (non-hydrogen) atoms. The Labute approximate surface area is 95.3 Å². The Bertz CT molecular complexity index is 314. The fourth-order valence-corrected chi connectivity index (χ4v) is 1.37. The monoisotopic (exact) mass is 228 g/mol. The van der Waals surface area contributed by atoms with Crippen molar-refractivity contribution in [2.45, 2.75) is 13.0 Å². The Hall–Kier alpha value is -1.00. The maximum Gasteiger partial charge on any atom is 0.263 e. The predicted octanol–water partition coefficient (Wildman–Crippen LogP) is 2.28. The first-order valence-electron chi connectivity index (χ1n) is 5.32. The van der Waals surface area contributed by atoms with Crippen LogP contribution in [0.5, 0.6) is 0 Å². The fraction of sp³-hybridized carbons (Fsp3) is 0.500. The van der Waals surface area contributed by atoms with E-state index in [0.29, 0.717) is 6.54 Å². The molecule has 0 saturated heterocycles. The summed E-state index contributed by atoms with van der Waals surface area (Å²) in [6, 6.07) is 6.53. The summed E-state index contributed by atoms with van der Waals surface area (Å²) in [5, 5.41) is 3.21. The van der Waals surface area contributed by atoms with Gasteiger partial charge < -0.3 is 10.2 Å². The van der Waals surface area contributed by atoms with Crippen LogP contribution in [-0.4, -0.2) is 32.1 Å². The van der Waals surface area contributed by atoms with Gasteiger partial charge in [-0.1, -0.05) is 18.2 Å². The molecule has 0 fully saturated rings. The summed E-state index contributed by atoms with van der Waals surface area (Å²) in [7, 11) is 4.00. The van der Waals surface area contributed by atoms with Crippen LogP contribution >= 0.6 is 0 Å². The molecule has 0 aromatic heterocycles. The highest BCUT2D eigenvalue weighted by Gasteiger charge is 2.06. The SMILES string of the molecule is CN(C)CCNCc1cccc(C(F)F)c1. The second-order valence-electron chi connectivity index (χ2n) is 4.03. The van der Waals surface area contributed by atoms with Crippen LogP contribution in [0.1, 0.15) is 17.6 Å². The minimum Gasteiger partial charge on any atom is -0.311 e. The number of benzene rings is 1. The van der Waals surface area contributed by atoms with Gasteiger partial charge >= 0.3 is 0 Å². The minimum atomic E-state index is -2.39. The van der Waals surface area contributed by atoms with E-state index in [4.69, 9.17) is 0 Å². The van der Waals surface area contributed by atoms with Crippen LogP contribution in [0.25, 0.3) is 0 Å². The number of likely N-dealkylation sites (N-methyl/N-ethyl adjacent to an activating group) is 1. The molecule has 1 rings (SSSR count). The van der Waals surface area contributed by atoms with Crippen LogP contribution in [-0.2, 0) is 6.54 Å². The Morgan fingerprint density at radius 3 is 2.69 bits per heavy atom. The third-order valence-corrected chi connectivity index (χ3v) is 2.27. The van der Waals surface area contributed by atoms with Gasteiger partial charge in [-0.3, -0.25) is 0 Å². The fourth-order valence-electron chi connectivity index (χ4n) is 1.37. The van der Waals surface area contributed by atoms with Gasteiger partial charge in [0.15, 0.2) is 0 Å². The molecule has 0 radical (unpaired) electrons. The number of alkyl halides is 2. The molecule has 0 spiro atoms. The van der Waals surface area contributed by atoms with Crippen LogP contribution < -0.4 is 5.32 Å². The molecule has 0 heterocycles. The summed E-state index contributed by atoms with van der Waals surface area (Å²) in [5.74, 6) is 0. The molecule has 4 heteroatoms. The Morgan fingerprint density at radius 1 is 1.31 bits per heavy atom. The molecule has 0 saturated carbocycles. The topological polar surface area (TPSA) is 15.3 Å². The van der Waals surface area contributed by atoms with E-state index < -0.39 is 6.43 Å². The lowest BCUT2D eigenvalue weighted by molar-refractivity contribution is 0.151. The summed E-state index contributed by atoms with van der Waals surface area (Å²) in [4.78, 5) is 2.07. The zero-order valence-corrected chi connectivity index (χ0v) is 9.71. The molecular weight excluding hydrogens is 210 g/mol. The molecule has 0 bridgehead atoms. The van der Waals surface area contributed by atoms with Crippen molar-refractivity contribution in [3.63, 3.8) is 0 Å². The van der Waals surface area contributed by atoms with Crippen molar-refractivity contribution < 1.29 is 8.78 Å². The summed E-state index contributed by atoms with van der Waals surface area (Å²) in [6.07, 6.45) is -2.39. The van der Waals surface area contributed by atoms with Gasteiger partial charge in [-0.25, -0.2) is 8.78 Å². The van der Waals surface area contributed by atoms with E-state index in [9.17, 15) is 8.78 Å². The van der Waals surface area contributed by atoms with E-state index in [0.717, 1.165) is 18.7 Å². The largest absolute Gasteiger partial charge is 0.311 e. The lowest BCUT2D eigenvalue weighted by Crippen LogP contribution is -2.26. The van der Waals surface area contributed by atoms with Crippen molar-refractivity contribution in [1.29, 1.82) is 0 Å². The van der Waals surface area contributed by atoms with Gasteiger partial charge in [0.05, 0.1) is 0 Å². The van der Waals surface area contributed by atoms with E-state index in [-0.39, 0.29) is 5.56 Å². The summed E-state index contributed by atoms with van der Waals surface area (Å²) in [5.41, 5.74) is 0.989. The summed E-state index contributed by atoms with van der Waals surface area (Å²) >= 11 is 0. The molecule has 0 atom stereocenters. The van der Waals surface area contributed by atoms with Crippen LogP contribution in [0.15, 0.2) is 24.3 Å². The standard InChI is InChI=1S/C12H18F2N2/c1-16(2)7-6-15-9-10-4-3-5-11(8-10)12(13)14/h3-5,8,12,15H,6-7,9H2,1-2H3. The molecule has 0 aliphatic heterocycles. The Balaban J connectivity index is 2.39. The van der Waals surface area contributed by atoms with E-state index in [1.807, 2.05) is 20.2 Å². The summed E-state index contributed by atoms with van der Waals surface area (Å²) < 4.78 is 24.8. The molecule has 0 aliphatic rings. The first kappa shape index (κ1) is 13.1. The lowest BCUT2D eigenvalue weighted by Gasteiger charge is -2.10. The second kappa shape index (κ2) is 6.55. The van der Waals surface area contributed by atoms with Crippen molar-refractivity contribution in [2.24, 2.45) is 0 Å². The van der Waals surface area contributed by atoms with Crippen molar-refractivity contribution in [3.8, 4) is 0 Å². The number of nitrogens with zero attached hydrogens (tertiary/aromatic N) is 1. The quantitative estimate of drug-likeness (QED) is 0.751. The Morgan fingerprint density at radius 2 is 2.06 bits per heavy atom. The number of rotatable bonds is 6. The molecule has 0 aliphatic carbocycles. The first-order valence-corrected chi connectivity index (χ1v) is 5.32. The molecule has 90 valence electrons. The highest BCUT2D eigenvalue weighted by molar-refractivity contribution is 5.24. The van der Waals surface area contributed by atoms with E-state index in [1.54, 1.807) is 12.1 Å². The zero-order valence-electron chi connectivity index (χ0n) is 9.71. The molecular formula is C12H18F2N2. The molecule has 1 N–H and O–H groups in total. The molecule has 1 aromatic rings. The maximum absolute atomic E-state index is 12.4. The van der Waals surface area contributed by atoms with E-state index in [2.05, 4.69) is 10.2 Å². The minimum absolute atomic E-state index is 0.0897. The number of halogens is 2. The van der Waals surface area contributed by atoms with Gasteiger partial charge in [0.1, 0.15) is 0 Å². The van der Waals surface area contributed by atoms with Crippen LogP contribution in [0.2, 0.25) is 0 Å². The number of nitrogens with one attached hydrogen (secondary N) is 1. The number of hydrogen-bond acceptors (Lipinski definition) is 2. The van der Waals surface area contributed by atoms with Crippen molar-refractivity contribution in [3.05, 3.63) is 35.4 Å². The van der Waals surface area contributed by atoms with Crippen LogP contribution in [0.4, 0.5) is 8.78 Å². The molecule has 0 unspecified atom stereocenters. The van der Waals surface area contributed by atoms with Crippen molar-refractivity contribution in [2.75, 3.05) is 27.2 Å². The maximum atomic E-state index is 12.4. The highest BCUT2D eigenvalue weighted by Crippen LogP contribution is 2.19. The summed E-state index contributed by atoms with van der Waals surface area (Å²) in [6.45, 7) is 2.43. The van der Waals surface area contributed by atoms with Crippen LogP contribution in [0, 0.1) is 0 Å². The molecule has 2 nitrogen and oxygen atoms in total. The predicted molar refractivity (Wildman–Crippen MR) is 61.7 cm³/mol. The van der Waals surface area contributed by atoms with Gasteiger partial charge in [-0.15, -0.1) is 0 Å². The third-order valence-electron chi connectivity index (χ3n) is 2.27. The first-order chi connectivity index (χ1) is 7.59. The molecule has 0 amide bonds. The van der Waals surface area contributed by atoms with Crippen molar-refractivity contribution >= 4 is 0 Å². The smallest absolute Gasteiger partial charge is 0.263 e. The van der Waals surface area contributed by atoms with Gasteiger partial charge in [0.2, 0.25) is 0 Å². The van der Waals surface area contributed by atoms with Gasteiger partial charge in [-0.2, -0.15) is 0 Å². The highest BCUT2D eigenvalue weighted by atomic mass is 19.3. The number of hydrogen-bond donors (Lipinski definition) is 1. The van der Waals surface area contributed by atoms with E-state index in [1.165, 1.54) is 6.07 Å². The van der Waals surface area contributed by atoms with Crippen molar-refractivity contribution in [1.82, 2.24) is 10.2 Å². The third kappa shape index (κ3) is 4.68. The average Bonchev–Trinajstić information content (AvgIpc) is 2.24.